The molecule has 30 heavy (non-hydrogen) atoms. The highest BCUT2D eigenvalue weighted by Gasteiger charge is 2.26. The second kappa shape index (κ2) is 8.85. The minimum Gasteiger partial charge on any atom is -0.340 e. The Bertz CT molecular complexity index is 1030. The summed E-state index contributed by atoms with van der Waals surface area (Å²) in [7, 11) is 0. The van der Waals surface area contributed by atoms with Crippen molar-refractivity contribution in [3.63, 3.8) is 0 Å². The third-order valence-electron chi connectivity index (χ3n) is 5.14. The van der Waals surface area contributed by atoms with Crippen molar-refractivity contribution >= 4 is 29.0 Å². The van der Waals surface area contributed by atoms with E-state index in [-0.39, 0.29) is 11.7 Å². The summed E-state index contributed by atoms with van der Waals surface area (Å²) in [6, 6.07) is 13.7. The summed E-state index contributed by atoms with van der Waals surface area (Å²) in [5.41, 5.74) is 7.92. The summed E-state index contributed by atoms with van der Waals surface area (Å²) in [5.74, 6) is 1.39. The van der Waals surface area contributed by atoms with Crippen LogP contribution in [0.25, 0.3) is 11.3 Å². The molecule has 2 heterocycles. The Kier molecular flexibility index (Phi) is 6.01. The maximum atomic E-state index is 13.4. The normalized spacial score (nSPS) is 13.2. The van der Waals surface area contributed by atoms with E-state index in [1.165, 1.54) is 12.1 Å². The van der Waals surface area contributed by atoms with E-state index < -0.39 is 0 Å². The van der Waals surface area contributed by atoms with Crippen molar-refractivity contribution < 1.29 is 9.18 Å². The fourth-order valence-corrected chi connectivity index (χ4v) is 3.69. The maximum Gasteiger partial charge on any atom is 0.223 e. The van der Waals surface area contributed by atoms with Crippen LogP contribution in [0, 0.1) is 5.82 Å². The van der Waals surface area contributed by atoms with Gasteiger partial charge in [0.05, 0.1) is 6.54 Å². The van der Waals surface area contributed by atoms with E-state index in [1.54, 1.807) is 12.1 Å². The molecule has 0 saturated heterocycles. The van der Waals surface area contributed by atoms with Gasteiger partial charge in [-0.3, -0.25) is 4.79 Å². The number of carbonyl (C=O) groups excluding carboxylic acids is 1. The molecule has 0 radical (unpaired) electrons. The molecule has 0 atom stereocenters. The molecule has 0 bridgehead atoms. The summed E-state index contributed by atoms with van der Waals surface area (Å²) in [6.45, 7) is 2.15. The van der Waals surface area contributed by atoms with Gasteiger partial charge >= 0.3 is 0 Å². The van der Waals surface area contributed by atoms with Crippen molar-refractivity contribution in [1.29, 1.82) is 0 Å². The second-order valence-corrected chi connectivity index (χ2v) is 7.66. The molecule has 1 aliphatic heterocycles. The smallest absolute Gasteiger partial charge is 0.223 e. The van der Waals surface area contributed by atoms with Crippen LogP contribution >= 0.6 is 11.6 Å². The molecule has 1 aromatic heterocycles. The van der Waals surface area contributed by atoms with Crippen LogP contribution in [-0.2, 0) is 17.9 Å². The lowest BCUT2D eigenvalue weighted by atomic mass is 10.1. The molecule has 3 aromatic rings. The molecule has 0 spiro atoms. The third-order valence-corrected chi connectivity index (χ3v) is 5.40. The monoisotopic (exact) mass is 427 g/mol. The van der Waals surface area contributed by atoms with Crippen LogP contribution in [0.15, 0.2) is 48.5 Å². The fraction of sp³-hybridized carbons (Fsp3) is 0.273. The van der Waals surface area contributed by atoms with Crippen LogP contribution in [-0.4, -0.2) is 33.4 Å². The van der Waals surface area contributed by atoms with Crippen LogP contribution in [0.3, 0.4) is 0 Å². The number of halogens is 2. The molecular formula is C22H23ClFN5O. The van der Waals surface area contributed by atoms with Crippen LogP contribution in [0.4, 0.5) is 15.9 Å². The van der Waals surface area contributed by atoms with E-state index in [0.717, 1.165) is 28.6 Å². The van der Waals surface area contributed by atoms with Gasteiger partial charge in [0.25, 0.3) is 0 Å². The highest BCUT2D eigenvalue weighted by atomic mass is 35.5. The molecule has 2 aromatic carbocycles. The summed E-state index contributed by atoms with van der Waals surface area (Å²) in [6.07, 6.45) is 1.12. The first-order valence-corrected chi connectivity index (χ1v) is 10.3. The van der Waals surface area contributed by atoms with E-state index >= 15 is 0 Å². The second-order valence-electron chi connectivity index (χ2n) is 7.22. The molecule has 0 unspecified atom stereocenters. The predicted octanol–water partition coefficient (Wildman–Crippen LogP) is 4.17. The number of hydrogen-bond acceptors (Lipinski definition) is 4. The fourth-order valence-electron chi connectivity index (χ4n) is 3.56. The first-order chi connectivity index (χ1) is 14.5. The Labute approximate surface area is 179 Å². The van der Waals surface area contributed by atoms with Crippen molar-refractivity contribution in [1.82, 2.24) is 14.5 Å². The number of fused-ring (bicyclic) bond motifs is 1. The van der Waals surface area contributed by atoms with Crippen LogP contribution in [0.2, 0.25) is 5.02 Å². The zero-order valence-electron chi connectivity index (χ0n) is 16.4. The average Bonchev–Trinajstić information content (AvgIpc) is 3.11. The van der Waals surface area contributed by atoms with E-state index in [2.05, 4.69) is 9.88 Å². The van der Waals surface area contributed by atoms with Crippen molar-refractivity contribution in [3.8, 4) is 11.3 Å². The quantitative estimate of drug-likeness (QED) is 0.619. The summed E-state index contributed by atoms with van der Waals surface area (Å²) in [5, 5.41) is 4.08. The summed E-state index contributed by atoms with van der Waals surface area (Å²) < 4.78 is 15.5. The molecule has 3 N–H and O–H groups in total. The van der Waals surface area contributed by atoms with Gasteiger partial charge in [-0.25, -0.2) is 9.37 Å². The van der Waals surface area contributed by atoms with E-state index in [9.17, 15) is 9.18 Å². The average molecular weight is 428 g/mol. The largest absolute Gasteiger partial charge is 0.340 e. The Morgan fingerprint density at radius 1 is 1.13 bits per heavy atom. The van der Waals surface area contributed by atoms with Gasteiger partial charge in [-0.1, -0.05) is 11.6 Å². The number of nitrogens with one attached hydrogen (secondary N) is 1. The van der Waals surface area contributed by atoms with Gasteiger partial charge in [0, 0.05) is 35.8 Å². The first kappa shape index (κ1) is 20.4. The molecule has 0 aliphatic carbocycles. The lowest BCUT2D eigenvalue weighted by Crippen LogP contribution is -2.38. The van der Waals surface area contributed by atoms with Crippen molar-refractivity contribution in [2.45, 2.75) is 25.9 Å². The Hall–Kier alpha value is -2.90. The number of carbonyl (C=O) groups is 1. The first-order valence-electron chi connectivity index (χ1n) is 9.91. The van der Waals surface area contributed by atoms with Gasteiger partial charge in [-0.2, -0.15) is 0 Å². The molecule has 1 aliphatic rings. The third kappa shape index (κ3) is 4.32. The number of anilines is 2. The Balaban J connectivity index is 1.69. The van der Waals surface area contributed by atoms with Crippen LogP contribution in [0.5, 0.6) is 0 Å². The lowest BCUT2D eigenvalue weighted by Gasteiger charge is -2.28. The summed E-state index contributed by atoms with van der Waals surface area (Å²) in [4.78, 5) is 19.1. The lowest BCUT2D eigenvalue weighted by molar-refractivity contribution is -0.132. The Morgan fingerprint density at radius 2 is 1.87 bits per heavy atom. The zero-order valence-corrected chi connectivity index (χ0v) is 17.2. The molecule has 1 amide bonds. The van der Waals surface area contributed by atoms with Gasteiger partial charge in [0.15, 0.2) is 0 Å². The number of nitrogens with two attached hydrogens (primary N) is 1. The number of aromatic nitrogens is 2. The van der Waals surface area contributed by atoms with Gasteiger partial charge in [0.2, 0.25) is 5.91 Å². The van der Waals surface area contributed by atoms with Crippen LogP contribution in [0.1, 0.15) is 18.7 Å². The molecule has 8 heteroatoms. The topological polar surface area (TPSA) is 76.2 Å². The van der Waals surface area contributed by atoms with E-state index in [1.807, 2.05) is 29.2 Å². The van der Waals surface area contributed by atoms with Gasteiger partial charge < -0.3 is 20.5 Å². The number of benzene rings is 2. The molecule has 156 valence electrons. The molecule has 4 rings (SSSR count). The summed E-state index contributed by atoms with van der Waals surface area (Å²) >= 11 is 6.01. The van der Waals surface area contributed by atoms with Crippen molar-refractivity contribution in [2.75, 3.05) is 18.4 Å². The number of rotatable bonds is 6. The minimum atomic E-state index is -0.299. The molecule has 6 nitrogen and oxygen atoms in total. The van der Waals surface area contributed by atoms with Crippen molar-refractivity contribution in [3.05, 3.63) is 65.2 Å². The van der Waals surface area contributed by atoms with Crippen molar-refractivity contribution in [2.24, 2.45) is 5.73 Å². The van der Waals surface area contributed by atoms with E-state index in [0.29, 0.717) is 44.0 Å². The standard InChI is InChI=1S/C22H23ClFN5O/c23-16-5-9-18(10-6-16)26-22-21(15-3-7-17(24)8-4-15)27-19-14-28(12-13-29(19)22)20(30)2-1-11-25/h3-10,26H,1-2,11-14,25H2. The molecule has 0 fully saturated rings. The Morgan fingerprint density at radius 3 is 2.57 bits per heavy atom. The number of amides is 1. The maximum absolute atomic E-state index is 13.4. The van der Waals surface area contributed by atoms with Gasteiger partial charge in [-0.15, -0.1) is 0 Å². The SMILES string of the molecule is NCCCC(=O)N1CCn2c(nc(-c3ccc(F)cc3)c2Nc2ccc(Cl)cc2)C1. The number of hydrogen-bond donors (Lipinski definition) is 2. The van der Waals surface area contributed by atoms with E-state index in [4.69, 9.17) is 22.3 Å². The molecule has 0 saturated carbocycles. The van der Waals surface area contributed by atoms with Crippen LogP contribution < -0.4 is 11.1 Å². The zero-order chi connectivity index (χ0) is 21.1. The minimum absolute atomic E-state index is 0.0882. The number of imidazole rings is 1. The molecular weight excluding hydrogens is 405 g/mol. The number of nitrogens with zero attached hydrogens (tertiary/aromatic N) is 3. The van der Waals surface area contributed by atoms with Gasteiger partial charge in [0.1, 0.15) is 23.2 Å². The van der Waals surface area contributed by atoms with Gasteiger partial charge in [-0.05, 0) is 61.5 Å². The predicted molar refractivity (Wildman–Crippen MR) is 116 cm³/mol. The highest BCUT2D eigenvalue weighted by molar-refractivity contribution is 6.30. The highest BCUT2D eigenvalue weighted by Crippen LogP contribution is 2.33.